The fourth-order valence-corrected chi connectivity index (χ4v) is 1.82. The van der Waals surface area contributed by atoms with E-state index < -0.39 is 5.97 Å². The summed E-state index contributed by atoms with van der Waals surface area (Å²) in [6.45, 7) is 4.33. The van der Waals surface area contributed by atoms with Crippen LogP contribution >= 0.6 is 0 Å². The van der Waals surface area contributed by atoms with Crippen LogP contribution in [-0.2, 0) is 0 Å². The molecule has 4 nitrogen and oxygen atoms in total. The Morgan fingerprint density at radius 3 is 2.55 bits per heavy atom. The van der Waals surface area contributed by atoms with E-state index in [1.807, 2.05) is 32.0 Å². The highest BCUT2D eigenvalue weighted by Crippen LogP contribution is 2.28. The van der Waals surface area contributed by atoms with Crippen LogP contribution in [0, 0.1) is 6.92 Å². The second-order valence-electron chi connectivity index (χ2n) is 4.30. The van der Waals surface area contributed by atoms with Gasteiger partial charge in [-0.2, -0.15) is 0 Å². The molecule has 0 bridgehead atoms. The van der Waals surface area contributed by atoms with Crippen LogP contribution in [0.3, 0.4) is 0 Å². The Morgan fingerprint density at radius 1 is 1.15 bits per heavy atom. The molecule has 20 heavy (non-hydrogen) atoms. The number of hydrogen-bond donors (Lipinski definition) is 1. The fraction of sp³-hybridized carbons (Fsp3) is 0.188. The average molecular weight is 272 g/mol. The SMILES string of the molecule is CCOc1cccc(Oc2ccc(C(=O)O)cc2C)c1. The molecule has 0 amide bonds. The van der Waals surface area contributed by atoms with Gasteiger partial charge in [-0.25, -0.2) is 4.79 Å². The van der Waals surface area contributed by atoms with Crippen molar-refractivity contribution in [2.45, 2.75) is 13.8 Å². The van der Waals surface area contributed by atoms with Crippen LogP contribution in [0.25, 0.3) is 0 Å². The largest absolute Gasteiger partial charge is 0.494 e. The third-order valence-corrected chi connectivity index (χ3v) is 2.77. The van der Waals surface area contributed by atoms with E-state index >= 15 is 0 Å². The van der Waals surface area contributed by atoms with E-state index in [4.69, 9.17) is 14.6 Å². The summed E-state index contributed by atoms with van der Waals surface area (Å²) in [6, 6.07) is 12.1. The first-order chi connectivity index (χ1) is 9.60. The van der Waals surface area contributed by atoms with E-state index in [0.29, 0.717) is 18.1 Å². The maximum absolute atomic E-state index is 10.9. The summed E-state index contributed by atoms with van der Waals surface area (Å²) in [5, 5.41) is 8.93. The topological polar surface area (TPSA) is 55.8 Å². The number of carbonyl (C=O) groups is 1. The predicted molar refractivity (Wildman–Crippen MR) is 75.8 cm³/mol. The van der Waals surface area contributed by atoms with Gasteiger partial charge in [0.1, 0.15) is 17.2 Å². The Balaban J connectivity index is 2.21. The van der Waals surface area contributed by atoms with E-state index in [2.05, 4.69) is 0 Å². The van der Waals surface area contributed by atoms with E-state index in [0.717, 1.165) is 11.3 Å². The zero-order valence-electron chi connectivity index (χ0n) is 11.4. The second-order valence-corrected chi connectivity index (χ2v) is 4.30. The van der Waals surface area contributed by atoms with E-state index in [1.54, 1.807) is 18.2 Å². The summed E-state index contributed by atoms with van der Waals surface area (Å²) in [4.78, 5) is 10.9. The second kappa shape index (κ2) is 6.10. The highest BCUT2D eigenvalue weighted by molar-refractivity contribution is 5.88. The highest BCUT2D eigenvalue weighted by Gasteiger charge is 2.07. The van der Waals surface area contributed by atoms with Crippen molar-refractivity contribution < 1.29 is 19.4 Å². The van der Waals surface area contributed by atoms with Crippen LogP contribution in [0.2, 0.25) is 0 Å². The van der Waals surface area contributed by atoms with Gasteiger partial charge in [-0.15, -0.1) is 0 Å². The van der Waals surface area contributed by atoms with Gasteiger partial charge < -0.3 is 14.6 Å². The summed E-state index contributed by atoms with van der Waals surface area (Å²) in [5.41, 5.74) is 1.02. The van der Waals surface area contributed by atoms with Crippen molar-refractivity contribution in [2.75, 3.05) is 6.61 Å². The number of ether oxygens (including phenoxy) is 2. The Labute approximate surface area is 117 Å². The van der Waals surface area contributed by atoms with Crippen molar-refractivity contribution in [2.24, 2.45) is 0 Å². The molecule has 104 valence electrons. The third kappa shape index (κ3) is 3.29. The average Bonchev–Trinajstić information content (AvgIpc) is 2.42. The van der Waals surface area contributed by atoms with Crippen LogP contribution in [-0.4, -0.2) is 17.7 Å². The Morgan fingerprint density at radius 2 is 1.90 bits per heavy atom. The molecule has 0 radical (unpaired) electrons. The lowest BCUT2D eigenvalue weighted by atomic mass is 10.1. The molecule has 2 aromatic carbocycles. The molecule has 0 fully saturated rings. The molecular weight excluding hydrogens is 256 g/mol. The van der Waals surface area contributed by atoms with Gasteiger partial charge in [0, 0.05) is 6.07 Å². The van der Waals surface area contributed by atoms with Gasteiger partial charge in [0.2, 0.25) is 0 Å². The van der Waals surface area contributed by atoms with Crippen LogP contribution in [0.5, 0.6) is 17.2 Å². The molecule has 4 heteroatoms. The normalized spacial score (nSPS) is 10.1. The summed E-state index contributed by atoms with van der Waals surface area (Å²) < 4.78 is 11.2. The first kappa shape index (κ1) is 13.9. The zero-order chi connectivity index (χ0) is 14.5. The molecule has 0 aliphatic carbocycles. The van der Waals surface area contributed by atoms with Gasteiger partial charge in [0.05, 0.1) is 12.2 Å². The lowest BCUT2D eigenvalue weighted by Gasteiger charge is -2.10. The Hall–Kier alpha value is -2.49. The van der Waals surface area contributed by atoms with Crippen molar-refractivity contribution in [3.8, 4) is 17.2 Å². The molecule has 0 aliphatic rings. The molecule has 2 rings (SSSR count). The smallest absolute Gasteiger partial charge is 0.335 e. The number of rotatable bonds is 5. The minimum absolute atomic E-state index is 0.248. The monoisotopic (exact) mass is 272 g/mol. The van der Waals surface area contributed by atoms with E-state index in [-0.39, 0.29) is 5.56 Å². The number of benzene rings is 2. The highest BCUT2D eigenvalue weighted by atomic mass is 16.5. The van der Waals surface area contributed by atoms with E-state index in [1.165, 1.54) is 6.07 Å². The molecule has 0 saturated heterocycles. The Kier molecular flexibility index (Phi) is 4.25. The zero-order valence-corrected chi connectivity index (χ0v) is 11.4. The van der Waals surface area contributed by atoms with Crippen molar-refractivity contribution >= 4 is 5.97 Å². The van der Waals surface area contributed by atoms with Gasteiger partial charge in [-0.1, -0.05) is 6.07 Å². The molecule has 2 aromatic rings. The number of aromatic carboxylic acids is 1. The summed E-state index contributed by atoms with van der Waals surface area (Å²) in [6.07, 6.45) is 0. The molecule has 0 atom stereocenters. The maximum atomic E-state index is 10.9. The van der Waals surface area contributed by atoms with Crippen LogP contribution in [0.1, 0.15) is 22.8 Å². The van der Waals surface area contributed by atoms with E-state index in [9.17, 15) is 4.79 Å². The van der Waals surface area contributed by atoms with Crippen molar-refractivity contribution in [3.05, 3.63) is 53.6 Å². The van der Waals surface area contributed by atoms with Gasteiger partial charge in [-0.05, 0) is 49.7 Å². The minimum atomic E-state index is -0.946. The number of hydrogen-bond acceptors (Lipinski definition) is 3. The quantitative estimate of drug-likeness (QED) is 0.897. The molecular formula is C16H16O4. The van der Waals surface area contributed by atoms with Crippen LogP contribution < -0.4 is 9.47 Å². The van der Waals surface area contributed by atoms with Crippen LogP contribution in [0.4, 0.5) is 0 Å². The third-order valence-electron chi connectivity index (χ3n) is 2.77. The molecule has 0 unspecified atom stereocenters. The maximum Gasteiger partial charge on any atom is 0.335 e. The lowest BCUT2D eigenvalue weighted by molar-refractivity contribution is 0.0697. The van der Waals surface area contributed by atoms with Crippen molar-refractivity contribution in [1.29, 1.82) is 0 Å². The number of carboxylic acids is 1. The summed E-state index contributed by atoms with van der Waals surface area (Å²) in [7, 11) is 0. The molecule has 0 saturated carbocycles. The minimum Gasteiger partial charge on any atom is -0.494 e. The predicted octanol–water partition coefficient (Wildman–Crippen LogP) is 3.88. The van der Waals surface area contributed by atoms with Gasteiger partial charge >= 0.3 is 5.97 Å². The van der Waals surface area contributed by atoms with Gasteiger partial charge in [-0.3, -0.25) is 0 Å². The molecule has 0 heterocycles. The lowest BCUT2D eigenvalue weighted by Crippen LogP contribution is -1.97. The van der Waals surface area contributed by atoms with Gasteiger partial charge in [0.25, 0.3) is 0 Å². The van der Waals surface area contributed by atoms with Gasteiger partial charge in [0.15, 0.2) is 0 Å². The molecule has 1 N–H and O–H groups in total. The molecule has 0 aliphatic heterocycles. The van der Waals surface area contributed by atoms with Crippen LogP contribution in [0.15, 0.2) is 42.5 Å². The Bertz CT molecular complexity index is 620. The summed E-state index contributed by atoms with van der Waals surface area (Å²) in [5.74, 6) is 1.08. The molecule has 0 aromatic heterocycles. The molecule has 0 spiro atoms. The standard InChI is InChI=1S/C16H16O4/c1-3-19-13-5-4-6-14(10-13)20-15-8-7-12(16(17)18)9-11(15)2/h4-10H,3H2,1-2H3,(H,17,18). The fourth-order valence-electron chi connectivity index (χ4n) is 1.82. The first-order valence-electron chi connectivity index (χ1n) is 6.35. The number of aryl methyl sites for hydroxylation is 1. The summed E-state index contributed by atoms with van der Waals surface area (Å²) >= 11 is 0. The van der Waals surface area contributed by atoms with Crippen molar-refractivity contribution in [3.63, 3.8) is 0 Å². The number of carboxylic acid groups (broad SMARTS) is 1. The first-order valence-corrected chi connectivity index (χ1v) is 6.35. The van der Waals surface area contributed by atoms with Crippen molar-refractivity contribution in [1.82, 2.24) is 0 Å².